The van der Waals surface area contributed by atoms with Crippen molar-refractivity contribution in [3.05, 3.63) is 99.4 Å². The number of amides is 2. The van der Waals surface area contributed by atoms with Gasteiger partial charge in [-0.2, -0.15) is 0 Å². The van der Waals surface area contributed by atoms with Gasteiger partial charge >= 0.3 is 0 Å². The Morgan fingerprint density at radius 3 is 2.76 bits per heavy atom. The van der Waals surface area contributed by atoms with Gasteiger partial charge < -0.3 is 25.3 Å². The molecule has 4 rings (SSSR count). The van der Waals surface area contributed by atoms with Crippen LogP contribution in [0.15, 0.2) is 71.7 Å². The van der Waals surface area contributed by atoms with E-state index in [2.05, 4.69) is 10.3 Å². The van der Waals surface area contributed by atoms with E-state index >= 15 is 0 Å². The predicted octanol–water partition coefficient (Wildman–Crippen LogP) is 4.05. The third kappa shape index (κ3) is 7.62. The molecule has 0 fully saturated rings. The fraction of sp³-hybridized carbons (Fsp3) is 0.241. The molecule has 2 aromatic heterocycles. The van der Waals surface area contributed by atoms with E-state index in [0.29, 0.717) is 29.1 Å². The normalized spacial score (nSPS) is 12.0. The van der Waals surface area contributed by atoms with Crippen LogP contribution in [0.3, 0.4) is 0 Å². The van der Waals surface area contributed by atoms with E-state index in [4.69, 9.17) is 10.5 Å². The smallest absolute Gasteiger partial charge is 0.274 e. The maximum Gasteiger partial charge on any atom is 0.274 e. The summed E-state index contributed by atoms with van der Waals surface area (Å²) in [5, 5.41) is 3.21. The number of aromatic nitrogens is 2. The molecule has 41 heavy (non-hydrogen) atoms. The van der Waals surface area contributed by atoms with E-state index in [1.54, 1.807) is 50.6 Å². The van der Waals surface area contributed by atoms with Crippen molar-refractivity contribution in [3.8, 4) is 5.75 Å². The molecule has 12 heteroatoms. The van der Waals surface area contributed by atoms with Gasteiger partial charge in [0.25, 0.3) is 5.56 Å². The number of halogens is 2. The third-order valence-electron chi connectivity index (χ3n) is 6.09. The number of pyridine rings is 1. The van der Waals surface area contributed by atoms with Crippen molar-refractivity contribution >= 4 is 39.1 Å². The zero-order valence-corrected chi connectivity index (χ0v) is 23.3. The van der Waals surface area contributed by atoms with Crippen molar-refractivity contribution in [2.75, 3.05) is 19.4 Å². The number of likely N-dealkylation sites (N-methyl/N-ethyl adjacent to an activating group) is 1. The molecule has 1 unspecified atom stereocenters. The number of nitrogens with one attached hydrogen (secondary N) is 1. The largest absolute Gasteiger partial charge is 0.487 e. The molecule has 2 aromatic carbocycles. The Kier molecular flexibility index (Phi) is 9.58. The van der Waals surface area contributed by atoms with Gasteiger partial charge in [0.2, 0.25) is 11.8 Å². The number of carbonyl (C=O) groups excluding carboxylic acids is 2. The average Bonchev–Trinajstić information content (AvgIpc) is 3.35. The molecule has 0 saturated carbocycles. The van der Waals surface area contributed by atoms with Crippen molar-refractivity contribution in [1.29, 1.82) is 0 Å². The SMILES string of the molecule is CN(C)C(=O)C=CCCC(N)C(=O)Nc1cccn(Cc2nc3cccc(OCc4ccc(F)cc4F)c3s2)c1=O. The summed E-state index contributed by atoms with van der Waals surface area (Å²) in [4.78, 5) is 43.3. The summed E-state index contributed by atoms with van der Waals surface area (Å²) < 4.78 is 35.2. The molecule has 0 aliphatic carbocycles. The highest BCUT2D eigenvalue weighted by Crippen LogP contribution is 2.32. The van der Waals surface area contributed by atoms with Crippen molar-refractivity contribution in [1.82, 2.24) is 14.5 Å². The van der Waals surface area contributed by atoms with E-state index in [1.165, 1.54) is 45.1 Å². The zero-order chi connectivity index (χ0) is 29.5. The number of thiazole rings is 1. The maximum absolute atomic E-state index is 14.0. The lowest BCUT2D eigenvalue weighted by Gasteiger charge is -2.12. The minimum Gasteiger partial charge on any atom is -0.487 e. The maximum atomic E-state index is 14.0. The Balaban J connectivity index is 1.42. The van der Waals surface area contributed by atoms with Crippen molar-refractivity contribution in [2.45, 2.75) is 32.0 Å². The number of rotatable bonds is 11. The van der Waals surface area contributed by atoms with Gasteiger partial charge in [-0.15, -0.1) is 11.3 Å². The number of hydrogen-bond acceptors (Lipinski definition) is 7. The summed E-state index contributed by atoms with van der Waals surface area (Å²) in [6, 6.07) is 10.9. The lowest BCUT2D eigenvalue weighted by molar-refractivity contribution is -0.123. The molecule has 9 nitrogen and oxygen atoms in total. The number of anilines is 1. The molecule has 0 radical (unpaired) electrons. The van der Waals surface area contributed by atoms with Crippen LogP contribution in [0, 0.1) is 11.6 Å². The predicted molar refractivity (Wildman–Crippen MR) is 154 cm³/mol. The average molecular weight is 582 g/mol. The standard InChI is InChI=1S/C29H29F2N5O4S/c1-35(2)26(37)11-4-3-7-21(32)28(38)34-23-9-6-14-36(29(23)39)16-25-33-22-8-5-10-24(27(22)41-25)40-17-18-12-13-19(30)15-20(18)31/h4-6,8-15,21H,3,7,16-17,32H2,1-2H3,(H,34,38). The molecule has 1 atom stereocenters. The van der Waals surface area contributed by atoms with Gasteiger partial charge in [-0.25, -0.2) is 13.8 Å². The first kappa shape index (κ1) is 29.6. The molecule has 214 valence electrons. The first-order valence-corrected chi connectivity index (χ1v) is 13.5. The second-order valence-corrected chi connectivity index (χ2v) is 10.5. The quantitative estimate of drug-likeness (QED) is 0.258. The fourth-order valence-electron chi connectivity index (χ4n) is 3.81. The summed E-state index contributed by atoms with van der Waals surface area (Å²) in [6.07, 6.45) is 5.39. The Morgan fingerprint density at radius 1 is 1.20 bits per heavy atom. The number of carbonyl (C=O) groups is 2. The number of nitrogens with zero attached hydrogens (tertiary/aromatic N) is 3. The molecule has 0 bridgehead atoms. The van der Waals surface area contributed by atoms with Crippen LogP contribution in [-0.4, -0.2) is 46.4 Å². The van der Waals surface area contributed by atoms with Crippen LogP contribution in [0.1, 0.15) is 23.4 Å². The van der Waals surface area contributed by atoms with Crippen LogP contribution in [0.25, 0.3) is 10.2 Å². The molecule has 0 aliphatic heterocycles. The number of nitrogens with two attached hydrogens (primary N) is 1. The lowest BCUT2D eigenvalue weighted by atomic mass is 10.1. The second kappa shape index (κ2) is 13.3. The molecule has 0 aliphatic rings. The number of allylic oxidation sites excluding steroid dienone is 1. The van der Waals surface area contributed by atoms with E-state index in [0.717, 1.165) is 10.8 Å². The molecular weight excluding hydrogens is 552 g/mol. The van der Waals surface area contributed by atoms with Crippen LogP contribution >= 0.6 is 11.3 Å². The second-order valence-electron chi connectivity index (χ2n) is 9.40. The van der Waals surface area contributed by atoms with Crippen LogP contribution in [0.5, 0.6) is 5.75 Å². The summed E-state index contributed by atoms with van der Waals surface area (Å²) in [5.41, 5.74) is 6.50. The molecule has 2 amide bonds. The Hall–Kier alpha value is -4.42. The molecule has 0 spiro atoms. The molecule has 4 aromatic rings. The Bertz CT molecular complexity index is 1650. The monoisotopic (exact) mass is 581 g/mol. The van der Waals surface area contributed by atoms with Crippen molar-refractivity contribution < 1.29 is 23.1 Å². The Labute approximate surface area is 238 Å². The van der Waals surface area contributed by atoms with Gasteiger partial charge in [0.15, 0.2) is 0 Å². The molecule has 0 saturated heterocycles. The van der Waals surface area contributed by atoms with E-state index in [-0.39, 0.29) is 30.3 Å². The third-order valence-corrected chi connectivity index (χ3v) is 7.16. The van der Waals surface area contributed by atoms with Crippen LogP contribution in [0.4, 0.5) is 14.5 Å². The molecule has 2 heterocycles. The minimum absolute atomic E-state index is 0.0812. The van der Waals surface area contributed by atoms with Crippen LogP contribution < -0.4 is 21.3 Å². The van der Waals surface area contributed by atoms with E-state index in [1.807, 2.05) is 0 Å². The Morgan fingerprint density at radius 2 is 2.00 bits per heavy atom. The van der Waals surface area contributed by atoms with E-state index in [9.17, 15) is 23.2 Å². The van der Waals surface area contributed by atoms with Crippen molar-refractivity contribution in [2.24, 2.45) is 5.73 Å². The zero-order valence-electron chi connectivity index (χ0n) is 22.5. The van der Waals surface area contributed by atoms with Gasteiger partial charge in [0, 0.05) is 31.9 Å². The van der Waals surface area contributed by atoms with Gasteiger partial charge in [-0.05, 0) is 55.3 Å². The highest BCUT2D eigenvalue weighted by molar-refractivity contribution is 7.19. The number of ether oxygens (including phenoxy) is 1. The topological polar surface area (TPSA) is 120 Å². The summed E-state index contributed by atoms with van der Waals surface area (Å²) >= 11 is 1.32. The molecular formula is C29H29F2N5O4S. The lowest BCUT2D eigenvalue weighted by Crippen LogP contribution is -2.37. The minimum atomic E-state index is -0.867. The summed E-state index contributed by atoms with van der Waals surface area (Å²) in [6.45, 7) is 0.0525. The number of hydrogen-bond donors (Lipinski definition) is 2. The highest BCUT2D eigenvalue weighted by atomic mass is 32.1. The van der Waals surface area contributed by atoms with Gasteiger partial charge in [0.05, 0.1) is 22.8 Å². The summed E-state index contributed by atoms with van der Waals surface area (Å²) in [5.74, 6) is -1.54. The number of fused-ring (bicyclic) bond motifs is 1. The van der Waals surface area contributed by atoms with Crippen LogP contribution in [-0.2, 0) is 22.7 Å². The first-order chi connectivity index (χ1) is 19.6. The first-order valence-electron chi connectivity index (χ1n) is 12.7. The number of benzene rings is 2. The van der Waals surface area contributed by atoms with Gasteiger partial charge in [0.1, 0.15) is 34.7 Å². The summed E-state index contributed by atoms with van der Waals surface area (Å²) in [7, 11) is 3.28. The van der Waals surface area contributed by atoms with Crippen molar-refractivity contribution in [3.63, 3.8) is 0 Å². The van der Waals surface area contributed by atoms with Gasteiger partial charge in [-0.1, -0.05) is 12.1 Å². The fourth-order valence-corrected chi connectivity index (χ4v) is 4.84. The van der Waals surface area contributed by atoms with Gasteiger partial charge in [-0.3, -0.25) is 14.4 Å². The highest BCUT2D eigenvalue weighted by Gasteiger charge is 2.16. The van der Waals surface area contributed by atoms with E-state index < -0.39 is 29.1 Å². The van der Waals surface area contributed by atoms with Crippen LogP contribution in [0.2, 0.25) is 0 Å². The molecule has 3 N–H and O–H groups in total.